The average Bonchev–Trinajstić information content (AvgIpc) is 2.21. The molecule has 0 aliphatic heterocycles. The molecule has 0 bridgehead atoms. The number of allylic oxidation sites excluding steroid dienone is 4. The summed E-state index contributed by atoms with van der Waals surface area (Å²) in [5.41, 5.74) is 0. The summed E-state index contributed by atoms with van der Waals surface area (Å²) in [6, 6.07) is 0. The summed E-state index contributed by atoms with van der Waals surface area (Å²) in [7, 11) is 0. The maximum atomic E-state index is 8.55. The first kappa shape index (κ1) is 13.4. The fourth-order valence-corrected chi connectivity index (χ4v) is 1.24. The fraction of sp³-hybridized carbons (Fsp3) is 0.692. The van der Waals surface area contributed by atoms with Gasteiger partial charge in [-0.2, -0.15) is 0 Å². The summed E-state index contributed by atoms with van der Waals surface area (Å²) in [4.78, 5) is 0. The molecule has 14 heavy (non-hydrogen) atoms. The molecule has 0 radical (unpaired) electrons. The topological polar surface area (TPSA) is 20.2 Å². The molecule has 82 valence electrons. The second-order valence-corrected chi connectivity index (χ2v) is 3.57. The van der Waals surface area contributed by atoms with Crippen LogP contribution in [0.2, 0.25) is 0 Å². The van der Waals surface area contributed by atoms with Crippen LogP contribution >= 0.6 is 0 Å². The normalized spacial score (nSPS) is 11.9. The molecule has 1 nitrogen and oxygen atoms in total. The molecule has 0 aromatic heterocycles. The molecule has 0 unspecified atom stereocenters. The van der Waals surface area contributed by atoms with Crippen molar-refractivity contribution in [3.8, 4) is 0 Å². The van der Waals surface area contributed by atoms with Gasteiger partial charge in [0.1, 0.15) is 0 Å². The van der Waals surface area contributed by atoms with E-state index < -0.39 is 0 Å². The zero-order chi connectivity index (χ0) is 10.5. The fourth-order valence-electron chi connectivity index (χ4n) is 1.24. The summed E-state index contributed by atoms with van der Waals surface area (Å²) in [6.07, 6.45) is 16.9. The SMILES string of the molecule is CCCCCC=CC=CCCCCO. The molecule has 0 saturated heterocycles. The van der Waals surface area contributed by atoms with E-state index in [4.69, 9.17) is 5.11 Å². The van der Waals surface area contributed by atoms with Crippen LogP contribution in [-0.4, -0.2) is 11.7 Å². The third kappa shape index (κ3) is 11.4. The average molecular weight is 196 g/mol. The van der Waals surface area contributed by atoms with Gasteiger partial charge in [-0.25, -0.2) is 0 Å². The van der Waals surface area contributed by atoms with Gasteiger partial charge in [-0.15, -0.1) is 0 Å². The molecule has 0 saturated carbocycles. The van der Waals surface area contributed by atoms with Gasteiger partial charge in [0.15, 0.2) is 0 Å². The van der Waals surface area contributed by atoms with Crippen molar-refractivity contribution in [3.63, 3.8) is 0 Å². The van der Waals surface area contributed by atoms with Crippen LogP contribution in [0.25, 0.3) is 0 Å². The van der Waals surface area contributed by atoms with E-state index in [-0.39, 0.29) is 0 Å². The predicted octanol–water partition coefficient (Wildman–Crippen LogP) is 3.84. The highest BCUT2D eigenvalue weighted by atomic mass is 16.2. The van der Waals surface area contributed by atoms with Gasteiger partial charge in [-0.1, -0.05) is 44.1 Å². The standard InChI is InChI=1S/C13H24O/c1-2-3-4-5-6-7-8-9-10-11-12-13-14/h6-9,14H,2-5,10-13H2,1H3. The highest BCUT2D eigenvalue weighted by Gasteiger charge is 1.81. The van der Waals surface area contributed by atoms with Crippen LogP contribution < -0.4 is 0 Å². The van der Waals surface area contributed by atoms with E-state index in [1.807, 2.05) is 0 Å². The zero-order valence-electron chi connectivity index (χ0n) is 9.41. The lowest BCUT2D eigenvalue weighted by Gasteiger charge is -1.91. The smallest absolute Gasteiger partial charge is 0.0431 e. The molecule has 1 heteroatoms. The lowest BCUT2D eigenvalue weighted by molar-refractivity contribution is 0.285. The number of rotatable bonds is 9. The van der Waals surface area contributed by atoms with Crippen LogP contribution in [0.3, 0.4) is 0 Å². The molecule has 0 heterocycles. The van der Waals surface area contributed by atoms with Gasteiger partial charge in [0.2, 0.25) is 0 Å². The molecule has 0 fully saturated rings. The maximum Gasteiger partial charge on any atom is 0.0431 e. The Labute approximate surface area is 88.5 Å². The molecule has 0 amide bonds. The van der Waals surface area contributed by atoms with Gasteiger partial charge < -0.3 is 5.11 Å². The minimum atomic E-state index is 0.320. The third-order valence-corrected chi connectivity index (χ3v) is 2.14. The largest absolute Gasteiger partial charge is 0.396 e. The molecule has 0 atom stereocenters. The third-order valence-electron chi connectivity index (χ3n) is 2.14. The van der Waals surface area contributed by atoms with Crippen LogP contribution in [0.15, 0.2) is 24.3 Å². The van der Waals surface area contributed by atoms with Crippen molar-refractivity contribution in [2.75, 3.05) is 6.61 Å². The Morgan fingerprint density at radius 2 is 1.43 bits per heavy atom. The Morgan fingerprint density at radius 3 is 1.93 bits per heavy atom. The molecule has 1 N–H and O–H groups in total. The Hall–Kier alpha value is -0.560. The summed E-state index contributed by atoms with van der Waals surface area (Å²) in [5, 5.41) is 8.55. The molecule has 0 rings (SSSR count). The first-order valence-corrected chi connectivity index (χ1v) is 5.84. The Bertz CT molecular complexity index is 129. The minimum Gasteiger partial charge on any atom is -0.396 e. The Morgan fingerprint density at radius 1 is 0.857 bits per heavy atom. The van der Waals surface area contributed by atoms with Gasteiger partial charge >= 0.3 is 0 Å². The van der Waals surface area contributed by atoms with E-state index >= 15 is 0 Å². The molecular weight excluding hydrogens is 172 g/mol. The molecule has 0 aliphatic rings. The minimum absolute atomic E-state index is 0.320. The van der Waals surface area contributed by atoms with Crippen LogP contribution in [-0.2, 0) is 0 Å². The Kier molecular flexibility index (Phi) is 11.9. The van der Waals surface area contributed by atoms with Crippen molar-refractivity contribution in [1.29, 1.82) is 0 Å². The summed E-state index contributed by atoms with van der Waals surface area (Å²) in [5.74, 6) is 0. The zero-order valence-corrected chi connectivity index (χ0v) is 9.41. The monoisotopic (exact) mass is 196 g/mol. The molecule has 0 aliphatic carbocycles. The maximum absolute atomic E-state index is 8.55. The summed E-state index contributed by atoms with van der Waals surface area (Å²) < 4.78 is 0. The first-order valence-electron chi connectivity index (χ1n) is 5.84. The van der Waals surface area contributed by atoms with E-state index in [2.05, 4.69) is 31.2 Å². The second-order valence-electron chi connectivity index (χ2n) is 3.57. The highest BCUT2D eigenvalue weighted by Crippen LogP contribution is 2.00. The Balaban J connectivity index is 3.15. The van der Waals surface area contributed by atoms with E-state index in [9.17, 15) is 0 Å². The van der Waals surface area contributed by atoms with Crippen molar-refractivity contribution in [3.05, 3.63) is 24.3 Å². The van der Waals surface area contributed by atoms with E-state index in [1.54, 1.807) is 0 Å². The van der Waals surface area contributed by atoms with Crippen LogP contribution in [0.4, 0.5) is 0 Å². The number of hydrogen-bond donors (Lipinski definition) is 1. The second kappa shape index (κ2) is 12.4. The van der Waals surface area contributed by atoms with Crippen LogP contribution in [0.1, 0.15) is 51.9 Å². The molecule has 0 aromatic rings. The van der Waals surface area contributed by atoms with Gasteiger partial charge in [0.25, 0.3) is 0 Å². The van der Waals surface area contributed by atoms with Crippen molar-refractivity contribution >= 4 is 0 Å². The van der Waals surface area contributed by atoms with Gasteiger partial charge in [0.05, 0.1) is 0 Å². The van der Waals surface area contributed by atoms with E-state index in [1.165, 1.54) is 25.7 Å². The van der Waals surface area contributed by atoms with Crippen LogP contribution in [0, 0.1) is 0 Å². The van der Waals surface area contributed by atoms with Gasteiger partial charge in [-0.3, -0.25) is 0 Å². The van der Waals surface area contributed by atoms with Gasteiger partial charge in [-0.05, 0) is 32.1 Å². The van der Waals surface area contributed by atoms with Gasteiger partial charge in [0, 0.05) is 6.61 Å². The number of unbranched alkanes of at least 4 members (excludes halogenated alkanes) is 5. The van der Waals surface area contributed by atoms with E-state index in [0.717, 1.165) is 19.3 Å². The summed E-state index contributed by atoms with van der Waals surface area (Å²) >= 11 is 0. The predicted molar refractivity (Wildman–Crippen MR) is 63.4 cm³/mol. The number of aliphatic hydroxyl groups is 1. The summed E-state index contributed by atoms with van der Waals surface area (Å²) in [6.45, 7) is 2.55. The first-order chi connectivity index (χ1) is 6.91. The highest BCUT2D eigenvalue weighted by molar-refractivity contribution is 5.02. The lowest BCUT2D eigenvalue weighted by atomic mass is 10.2. The molecule has 0 aromatic carbocycles. The molecule has 0 spiro atoms. The molecular formula is C13H24O. The quantitative estimate of drug-likeness (QED) is 0.439. The van der Waals surface area contributed by atoms with Crippen molar-refractivity contribution < 1.29 is 5.11 Å². The van der Waals surface area contributed by atoms with Crippen molar-refractivity contribution in [2.45, 2.75) is 51.9 Å². The van der Waals surface area contributed by atoms with Crippen molar-refractivity contribution in [2.24, 2.45) is 0 Å². The lowest BCUT2D eigenvalue weighted by Crippen LogP contribution is -1.79. The van der Waals surface area contributed by atoms with E-state index in [0.29, 0.717) is 6.61 Å². The van der Waals surface area contributed by atoms with Crippen LogP contribution in [0.5, 0.6) is 0 Å². The number of hydrogen-bond acceptors (Lipinski definition) is 1. The number of aliphatic hydroxyl groups excluding tert-OH is 1. The van der Waals surface area contributed by atoms with Crippen molar-refractivity contribution in [1.82, 2.24) is 0 Å².